The van der Waals surface area contributed by atoms with Gasteiger partial charge in [-0.3, -0.25) is 0 Å². The molecule has 0 fully saturated rings. The predicted octanol–water partition coefficient (Wildman–Crippen LogP) is 5.38. The van der Waals surface area contributed by atoms with Crippen molar-refractivity contribution in [2.24, 2.45) is 0 Å². The average molecular weight is 254 g/mol. The number of para-hydroxylation sites is 1. The zero-order valence-electron chi connectivity index (χ0n) is 11.9. The molecule has 0 bridgehead atoms. The van der Waals surface area contributed by atoms with Crippen molar-refractivity contribution in [3.8, 4) is 11.5 Å². The zero-order valence-corrected chi connectivity index (χ0v) is 11.9. The Kier molecular flexibility index (Phi) is 5.02. The molecule has 0 aliphatic rings. The molecule has 0 aromatic heterocycles. The van der Waals surface area contributed by atoms with Crippen molar-refractivity contribution in [1.82, 2.24) is 0 Å². The fourth-order valence-corrected chi connectivity index (χ4v) is 2.36. The van der Waals surface area contributed by atoms with Crippen LogP contribution in [0.3, 0.4) is 0 Å². The van der Waals surface area contributed by atoms with Crippen molar-refractivity contribution in [2.45, 2.75) is 39.5 Å². The highest BCUT2D eigenvalue weighted by atomic mass is 16.5. The van der Waals surface area contributed by atoms with Gasteiger partial charge in [0.05, 0.1) is 0 Å². The monoisotopic (exact) mass is 254 g/mol. The van der Waals surface area contributed by atoms with Crippen molar-refractivity contribution in [3.63, 3.8) is 0 Å². The lowest BCUT2D eigenvalue weighted by molar-refractivity contribution is 0.474. The molecule has 0 amide bonds. The van der Waals surface area contributed by atoms with Crippen LogP contribution in [-0.4, -0.2) is 0 Å². The third-order valence-electron chi connectivity index (χ3n) is 3.22. The highest BCUT2D eigenvalue weighted by Crippen LogP contribution is 2.29. The van der Waals surface area contributed by atoms with Gasteiger partial charge in [0.15, 0.2) is 0 Å². The Labute approximate surface area is 116 Å². The van der Waals surface area contributed by atoms with Crippen LogP contribution in [0.1, 0.15) is 37.8 Å². The van der Waals surface area contributed by atoms with Gasteiger partial charge in [0.25, 0.3) is 0 Å². The maximum Gasteiger partial charge on any atom is 0.130 e. The molecule has 0 aliphatic heterocycles. The van der Waals surface area contributed by atoms with Crippen LogP contribution in [0.2, 0.25) is 0 Å². The highest BCUT2D eigenvalue weighted by Gasteiger charge is 2.09. The molecule has 1 nitrogen and oxygen atoms in total. The molecule has 0 spiro atoms. The van der Waals surface area contributed by atoms with Crippen LogP contribution in [-0.2, 0) is 12.8 Å². The van der Waals surface area contributed by atoms with E-state index in [1.54, 1.807) is 0 Å². The Balaban J connectivity index is 2.30. The van der Waals surface area contributed by atoms with E-state index in [0.29, 0.717) is 0 Å². The second kappa shape index (κ2) is 6.98. The van der Waals surface area contributed by atoms with E-state index in [1.807, 2.05) is 30.3 Å². The third-order valence-corrected chi connectivity index (χ3v) is 3.22. The Morgan fingerprint density at radius 1 is 0.789 bits per heavy atom. The molecule has 0 saturated heterocycles. The van der Waals surface area contributed by atoms with Gasteiger partial charge in [-0.25, -0.2) is 0 Å². The minimum Gasteiger partial charge on any atom is -0.457 e. The normalized spacial score (nSPS) is 10.4. The molecule has 0 heterocycles. The van der Waals surface area contributed by atoms with Gasteiger partial charge >= 0.3 is 0 Å². The molecule has 0 aliphatic carbocycles. The van der Waals surface area contributed by atoms with Crippen molar-refractivity contribution >= 4 is 0 Å². The predicted molar refractivity (Wildman–Crippen MR) is 80.9 cm³/mol. The molecule has 2 aromatic carbocycles. The number of aryl methyl sites for hydroxylation is 1. The second-order valence-electron chi connectivity index (χ2n) is 4.81. The molecule has 0 saturated carbocycles. The lowest BCUT2D eigenvalue weighted by atomic mass is 9.98. The third kappa shape index (κ3) is 3.60. The lowest BCUT2D eigenvalue weighted by Gasteiger charge is -2.14. The van der Waals surface area contributed by atoms with Gasteiger partial charge in [0, 0.05) is 0 Å². The summed E-state index contributed by atoms with van der Waals surface area (Å²) in [5, 5.41) is 0. The standard InChI is InChI=1S/C18H22O/c1-3-9-15-11-8-14-18(17(15)10-4-2)19-16-12-6-5-7-13-16/h5-8,11-14H,3-4,9-10H2,1-2H3. The average Bonchev–Trinajstić information content (AvgIpc) is 2.44. The summed E-state index contributed by atoms with van der Waals surface area (Å²) in [7, 11) is 0. The minimum absolute atomic E-state index is 0.911. The summed E-state index contributed by atoms with van der Waals surface area (Å²) in [4.78, 5) is 0. The van der Waals surface area contributed by atoms with Gasteiger partial charge in [-0.05, 0) is 42.2 Å². The van der Waals surface area contributed by atoms with Gasteiger partial charge < -0.3 is 4.74 Å². The zero-order chi connectivity index (χ0) is 13.5. The first-order valence-corrected chi connectivity index (χ1v) is 7.18. The van der Waals surface area contributed by atoms with Crippen LogP contribution in [0.25, 0.3) is 0 Å². The van der Waals surface area contributed by atoms with Crippen LogP contribution in [0.4, 0.5) is 0 Å². The number of hydrogen-bond acceptors (Lipinski definition) is 1. The maximum absolute atomic E-state index is 6.05. The molecular weight excluding hydrogens is 232 g/mol. The van der Waals surface area contributed by atoms with E-state index in [2.05, 4.69) is 32.0 Å². The fourth-order valence-electron chi connectivity index (χ4n) is 2.36. The van der Waals surface area contributed by atoms with E-state index in [1.165, 1.54) is 17.5 Å². The summed E-state index contributed by atoms with van der Waals surface area (Å²) in [5.74, 6) is 1.92. The van der Waals surface area contributed by atoms with Crippen LogP contribution in [0.15, 0.2) is 48.5 Å². The Hall–Kier alpha value is -1.76. The minimum atomic E-state index is 0.911. The summed E-state index contributed by atoms with van der Waals surface area (Å²) in [6.07, 6.45) is 4.52. The van der Waals surface area contributed by atoms with E-state index in [0.717, 1.165) is 30.8 Å². The number of rotatable bonds is 6. The summed E-state index contributed by atoms with van der Waals surface area (Å²) in [6, 6.07) is 16.4. The van der Waals surface area contributed by atoms with Gasteiger partial charge in [0.2, 0.25) is 0 Å². The second-order valence-corrected chi connectivity index (χ2v) is 4.81. The molecule has 0 radical (unpaired) electrons. The van der Waals surface area contributed by atoms with E-state index in [9.17, 15) is 0 Å². The van der Waals surface area contributed by atoms with E-state index < -0.39 is 0 Å². The largest absolute Gasteiger partial charge is 0.457 e. The van der Waals surface area contributed by atoms with Crippen molar-refractivity contribution in [3.05, 3.63) is 59.7 Å². The lowest BCUT2D eigenvalue weighted by Crippen LogP contribution is -1.98. The maximum atomic E-state index is 6.05. The van der Waals surface area contributed by atoms with Crippen molar-refractivity contribution in [1.29, 1.82) is 0 Å². The summed E-state index contributed by atoms with van der Waals surface area (Å²) in [5.41, 5.74) is 2.80. The Bertz CT molecular complexity index is 502. The molecule has 2 rings (SSSR count). The van der Waals surface area contributed by atoms with Crippen LogP contribution < -0.4 is 4.74 Å². The van der Waals surface area contributed by atoms with E-state index in [-0.39, 0.29) is 0 Å². The number of benzene rings is 2. The molecule has 0 atom stereocenters. The van der Waals surface area contributed by atoms with Gasteiger partial charge in [-0.1, -0.05) is 57.0 Å². The first-order chi connectivity index (χ1) is 9.35. The summed E-state index contributed by atoms with van der Waals surface area (Å²) in [6.45, 7) is 4.44. The molecule has 100 valence electrons. The first-order valence-electron chi connectivity index (χ1n) is 7.18. The van der Waals surface area contributed by atoms with Crippen molar-refractivity contribution < 1.29 is 4.74 Å². The van der Waals surface area contributed by atoms with Crippen LogP contribution >= 0.6 is 0 Å². The highest BCUT2D eigenvalue weighted by molar-refractivity contribution is 5.43. The molecule has 19 heavy (non-hydrogen) atoms. The molecule has 0 unspecified atom stereocenters. The van der Waals surface area contributed by atoms with E-state index in [4.69, 9.17) is 4.74 Å². The first kappa shape index (κ1) is 13.7. The van der Waals surface area contributed by atoms with Crippen LogP contribution in [0, 0.1) is 0 Å². The Morgan fingerprint density at radius 2 is 1.53 bits per heavy atom. The van der Waals surface area contributed by atoms with Gasteiger partial charge in [-0.2, -0.15) is 0 Å². The van der Waals surface area contributed by atoms with Crippen LogP contribution in [0.5, 0.6) is 11.5 Å². The number of hydrogen-bond donors (Lipinski definition) is 0. The quantitative estimate of drug-likeness (QED) is 0.672. The fraction of sp³-hybridized carbons (Fsp3) is 0.333. The smallest absolute Gasteiger partial charge is 0.130 e. The van der Waals surface area contributed by atoms with Crippen molar-refractivity contribution in [2.75, 3.05) is 0 Å². The Morgan fingerprint density at radius 3 is 2.21 bits per heavy atom. The van der Waals surface area contributed by atoms with Gasteiger partial charge in [0.1, 0.15) is 11.5 Å². The van der Waals surface area contributed by atoms with Gasteiger partial charge in [-0.15, -0.1) is 0 Å². The van der Waals surface area contributed by atoms with E-state index >= 15 is 0 Å². The molecule has 0 N–H and O–H groups in total. The molecule has 2 aromatic rings. The summed E-state index contributed by atoms with van der Waals surface area (Å²) >= 11 is 0. The SMILES string of the molecule is CCCc1cccc(Oc2ccccc2)c1CCC. The molecular formula is C18H22O. The molecule has 1 heteroatoms. The topological polar surface area (TPSA) is 9.23 Å². The summed E-state index contributed by atoms with van der Waals surface area (Å²) < 4.78 is 6.05. The number of ether oxygens (including phenoxy) is 1.